The number of amides is 2. The second kappa shape index (κ2) is 8.61. The molecule has 2 aliphatic rings. The van der Waals surface area contributed by atoms with Crippen LogP contribution in [0.1, 0.15) is 29.5 Å². The molecule has 1 fully saturated rings. The maximum Gasteiger partial charge on any atom is 0.246 e. The average molecular weight is 406 g/mol. The molecule has 1 saturated heterocycles. The molecular weight excluding hydrogens is 380 g/mol. The first-order valence-corrected chi connectivity index (χ1v) is 10.2. The summed E-state index contributed by atoms with van der Waals surface area (Å²) in [5, 5.41) is 2.95. The number of rotatable bonds is 4. The highest BCUT2D eigenvalue weighted by Crippen LogP contribution is 2.34. The fourth-order valence-electron chi connectivity index (χ4n) is 3.86. The van der Waals surface area contributed by atoms with E-state index in [4.69, 9.17) is 9.47 Å². The number of hydrogen-bond acceptors (Lipinski definition) is 4. The molecule has 0 aromatic heterocycles. The van der Waals surface area contributed by atoms with E-state index >= 15 is 0 Å². The highest BCUT2D eigenvalue weighted by Gasteiger charge is 2.27. The standard InChI is InChI=1S/C24H26N2O4/c1-16-3-4-18(17(2)13-16)5-8-23(27)26-11-9-19(10-12-26)24(28)25-20-6-7-21-22(14-20)30-15-29-21/h3-8,13-14,19H,9-12,15H2,1-2H3,(H,25,28)/b8-5+. The molecule has 2 amide bonds. The van der Waals surface area contributed by atoms with Gasteiger partial charge in [-0.05, 0) is 56.0 Å². The summed E-state index contributed by atoms with van der Waals surface area (Å²) in [6.07, 6.45) is 4.80. The summed E-state index contributed by atoms with van der Waals surface area (Å²) in [5.74, 6) is 1.19. The van der Waals surface area contributed by atoms with Crippen LogP contribution in [0.25, 0.3) is 6.08 Å². The lowest BCUT2D eigenvalue weighted by atomic mass is 9.95. The van der Waals surface area contributed by atoms with Gasteiger partial charge in [0.1, 0.15) is 0 Å². The van der Waals surface area contributed by atoms with Crippen molar-refractivity contribution in [2.75, 3.05) is 25.2 Å². The smallest absolute Gasteiger partial charge is 0.246 e. The van der Waals surface area contributed by atoms with Crippen LogP contribution in [-0.4, -0.2) is 36.6 Å². The summed E-state index contributed by atoms with van der Waals surface area (Å²) in [4.78, 5) is 27.0. The lowest BCUT2D eigenvalue weighted by Crippen LogP contribution is -2.40. The minimum atomic E-state index is -0.109. The number of ether oxygens (including phenoxy) is 2. The van der Waals surface area contributed by atoms with Crippen molar-refractivity contribution in [3.63, 3.8) is 0 Å². The second-order valence-corrected chi connectivity index (χ2v) is 7.85. The van der Waals surface area contributed by atoms with Gasteiger partial charge in [-0.25, -0.2) is 0 Å². The van der Waals surface area contributed by atoms with E-state index in [2.05, 4.69) is 18.3 Å². The van der Waals surface area contributed by atoms with Crippen LogP contribution in [0.4, 0.5) is 5.69 Å². The first kappa shape index (κ1) is 20.0. The van der Waals surface area contributed by atoms with Crippen molar-refractivity contribution in [3.05, 3.63) is 59.2 Å². The Bertz CT molecular complexity index is 991. The van der Waals surface area contributed by atoms with E-state index in [1.54, 1.807) is 18.2 Å². The van der Waals surface area contributed by atoms with Crippen molar-refractivity contribution in [1.82, 2.24) is 4.90 Å². The molecule has 1 N–H and O–H groups in total. The van der Waals surface area contributed by atoms with Gasteiger partial charge in [0.25, 0.3) is 0 Å². The van der Waals surface area contributed by atoms with Gasteiger partial charge in [0, 0.05) is 36.8 Å². The van der Waals surface area contributed by atoms with Gasteiger partial charge >= 0.3 is 0 Å². The van der Waals surface area contributed by atoms with Crippen LogP contribution in [0.2, 0.25) is 0 Å². The van der Waals surface area contributed by atoms with Crippen LogP contribution < -0.4 is 14.8 Å². The van der Waals surface area contributed by atoms with Gasteiger partial charge in [-0.3, -0.25) is 9.59 Å². The molecular formula is C24H26N2O4. The Hall–Kier alpha value is -3.28. The van der Waals surface area contributed by atoms with Crippen LogP contribution in [0.5, 0.6) is 11.5 Å². The number of hydrogen-bond donors (Lipinski definition) is 1. The first-order valence-electron chi connectivity index (χ1n) is 10.2. The van der Waals surface area contributed by atoms with Gasteiger partial charge in [-0.1, -0.05) is 23.8 Å². The van der Waals surface area contributed by atoms with E-state index in [0.29, 0.717) is 43.1 Å². The molecule has 0 radical (unpaired) electrons. The number of anilines is 1. The number of aryl methyl sites for hydroxylation is 2. The van der Waals surface area contributed by atoms with Crippen LogP contribution >= 0.6 is 0 Å². The fourth-order valence-corrected chi connectivity index (χ4v) is 3.86. The fraction of sp³-hybridized carbons (Fsp3) is 0.333. The third kappa shape index (κ3) is 4.48. The van der Waals surface area contributed by atoms with Crippen molar-refractivity contribution in [2.45, 2.75) is 26.7 Å². The van der Waals surface area contributed by atoms with E-state index < -0.39 is 0 Å². The molecule has 0 spiro atoms. The third-order valence-electron chi connectivity index (χ3n) is 5.65. The number of fused-ring (bicyclic) bond motifs is 1. The highest BCUT2D eigenvalue weighted by molar-refractivity contribution is 5.94. The van der Waals surface area contributed by atoms with Crippen LogP contribution in [-0.2, 0) is 9.59 Å². The maximum atomic E-state index is 12.6. The molecule has 0 atom stereocenters. The van der Waals surface area contributed by atoms with E-state index in [1.807, 2.05) is 36.1 Å². The van der Waals surface area contributed by atoms with E-state index in [0.717, 1.165) is 11.1 Å². The van der Waals surface area contributed by atoms with Gasteiger partial charge in [0.2, 0.25) is 18.6 Å². The Kier molecular flexibility index (Phi) is 5.74. The zero-order chi connectivity index (χ0) is 21.1. The Morgan fingerprint density at radius 1 is 1.03 bits per heavy atom. The number of nitrogens with zero attached hydrogens (tertiary/aromatic N) is 1. The number of carbonyl (C=O) groups excluding carboxylic acids is 2. The number of carbonyl (C=O) groups is 2. The van der Waals surface area contributed by atoms with Gasteiger partial charge in [0.05, 0.1) is 0 Å². The van der Waals surface area contributed by atoms with Crippen LogP contribution in [0, 0.1) is 19.8 Å². The van der Waals surface area contributed by atoms with Crippen molar-refractivity contribution in [2.24, 2.45) is 5.92 Å². The summed E-state index contributed by atoms with van der Waals surface area (Å²) in [7, 11) is 0. The van der Waals surface area contributed by atoms with Crippen LogP contribution in [0.15, 0.2) is 42.5 Å². The number of nitrogens with one attached hydrogen (secondary N) is 1. The molecule has 2 aliphatic heterocycles. The molecule has 2 aromatic rings. The topological polar surface area (TPSA) is 67.9 Å². The van der Waals surface area contributed by atoms with Crippen molar-refractivity contribution >= 4 is 23.6 Å². The average Bonchev–Trinajstić information content (AvgIpc) is 3.21. The number of benzene rings is 2. The number of likely N-dealkylation sites (tertiary alicyclic amines) is 1. The molecule has 30 heavy (non-hydrogen) atoms. The Morgan fingerprint density at radius 2 is 1.80 bits per heavy atom. The molecule has 4 rings (SSSR count). The Labute approximate surface area is 176 Å². The van der Waals surface area contributed by atoms with Crippen molar-refractivity contribution in [3.8, 4) is 11.5 Å². The summed E-state index contributed by atoms with van der Waals surface area (Å²) in [6.45, 7) is 5.46. The predicted molar refractivity (Wildman–Crippen MR) is 115 cm³/mol. The molecule has 6 heteroatoms. The van der Waals surface area contributed by atoms with Crippen molar-refractivity contribution in [1.29, 1.82) is 0 Å². The highest BCUT2D eigenvalue weighted by atomic mass is 16.7. The second-order valence-electron chi connectivity index (χ2n) is 7.85. The lowest BCUT2D eigenvalue weighted by molar-refractivity contribution is -0.130. The zero-order valence-electron chi connectivity index (χ0n) is 17.3. The summed E-state index contributed by atoms with van der Waals surface area (Å²) in [5.41, 5.74) is 4.10. The third-order valence-corrected chi connectivity index (χ3v) is 5.65. The predicted octanol–water partition coefficient (Wildman–Crippen LogP) is 3.92. The molecule has 2 aromatic carbocycles. The minimum Gasteiger partial charge on any atom is -0.454 e. The molecule has 0 aliphatic carbocycles. The molecule has 0 bridgehead atoms. The number of piperidine rings is 1. The largest absolute Gasteiger partial charge is 0.454 e. The SMILES string of the molecule is Cc1ccc(/C=C/C(=O)N2CCC(C(=O)Nc3ccc4c(c3)OCO4)CC2)c(C)c1. The zero-order valence-corrected chi connectivity index (χ0v) is 17.3. The summed E-state index contributed by atoms with van der Waals surface area (Å²) >= 11 is 0. The summed E-state index contributed by atoms with van der Waals surface area (Å²) in [6, 6.07) is 11.6. The lowest BCUT2D eigenvalue weighted by Gasteiger charge is -2.30. The minimum absolute atomic E-state index is 0.00963. The van der Waals surface area contributed by atoms with Gasteiger partial charge in [-0.2, -0.15) is 0 Å². The quantitative estimate of drug-likeness (QED) is 0.782. The van der Waals surface area contributed by atoms with E-state index in [-0.39, 0.29) is 24.5 Å². The van der Waals surface area contributed by atoms with Gasteiger partial charge in [0.15, 0.2) is 11.5 Å². The molecule has 2 heterocycles. The van der Waals surface area contributed by atoms with Crippen molar-refractivity contribution < 1.29 is 19.1 Å². The summed E-state index contributed by atoms with van der Waals surface area (Å²) < 4.78 is 10.6. The monoisotopic (exact) mass is 406 g/mol. The molecule has 0 unspecified atom stereocenters. The maximum absolute atomic E-state index is 12.6. The van der Waals surface area contributed by atoms with Crippen LogP contribution in [0.3, 0.4) is 0 Å². The molecule has 6 nitrogen and oxygen atoms in total. The van der Waals surface area contributed by atoms with Gasteiger partial charge in [-0.15, -0.1) is 0 Å². The Balaban J connectivity index is 1.29. The molecule has 0 saturated carbocycles. The van der Waals surface area contributed by atoms with E-state index in [9.17, 15) is 9.59 Å². The normalized spacial score (nSPS) is 16.1. The molecule has 156 valence electrons. The van der Waals surface area contributed by atoms with Gasteiger partial charge < -0.3 is 19.7 Å². The first-order chi connectivity index (χ1) is 14.5. The van der Waals surface area contributed by atoms with E-state index in [1.165, 1.54) is 5.56 Å². The Morgan fingerprint density at radius 3 is 2.57 bits per heavy atom.